The first-order valence-corrected chi connectivity index (χ1v) is 2.22. The predicted octanol–water partition coefficient (Wildman–Crippen LogP) is -0.523. The quantitative estimate of drug-likeness (QED) is 0.432. The van der Waals surface area contributed by atoms with Gasteiger partial charge in [-0.2, -0.15) is 0 Å². The summed E-state index contributed by atoms with van der Waals surface area (Å²) in [7, 11) is 4.08. The van der Waals surface area contributed by atoms with Crippen molar-refractivity contribution < 1.29 is 0 Å². The minimum Gasteiger partial charge on any atom is -0.304 e. The molecule has 1 fully saturated rings. The van der Waals surface area contributed by atoms with Gasteiger partial charge in [-0.15, -0.1) is 0 Å². The number of nitrogens with one attached hydrogen (secondary N) is 1. The molecule has 0 aromatic heterocycles. The first-order valence-electron chi connectivity index (χ1n) is 2.22. The smallest absolute Gasteiger partial charge is 0.0724 e. The Morgan fingerprint density at radius 3 is 2.33 bits per heavy atom. The van der Waals surface area contributed by atoms with Gasteiger partial charge in [-0.3, -0.25) is 4.90 Å². The molecule has 0 spiro atoms. The summed E-state index contributed by atoms with van der Waals surface area (Å²) in [5, 5.41) is 3.11. The van der Waals surface area contributed by atoms with E-state index in [1.807, 2.05) is 7.05 Å². The summed E-state index contributed by atoms with van der Waals surface area (Å²) in [6.07, 6.45) is 0.685. The average molecular weight is 86.1 g/mol. The summed E-state index contributed by atoms with van der Waals surface area (Å²) in [6.45, 7) is 1.22. The second-order valence-electron chi connectivity index (χ2n) is 1.74. The van der Waals surface area contributed by atoms with Crippen LogP contribution >= 0.6 is 0 Å². The highest BCUT2D eigenvalue weighted by Crippen LogP contribution is 2.06. The zero-order chi connectivity index (χ0) is 4.57. The van der Waals surface area contributed by atoms with Gasteiger partial charge in [0.1, 0.15) is 0 Å². The number of hydrogen-bond acceptors (Lipinski definition) is 2. The summed E-state index contributed by atoms with van der Waals surface area (Å²) in [4.78, 5) is 2.24. The van der Waals surface area contributed by atoms with Gasteiger partial charge >= 0.3 is 0 Å². The molecule has 0 aromatic carbocycles. The van der Waals surface area contributed by atoms with E-state index < -0.39 is 0 Å². The van der Waals surface area contributed by atoms with Crippen molar-refractivity contribution >= 4 is 0 Å². The van der Waals surface area contributed by atoms with E-state index in [1.165, 1.54) is 6.54 Å². The van der Waals surface area contributed by atoms with Crippen LogP contribution in [0.1, 0.15) is 0 Å². The number of likely N-dealkylation sites (N-methyl/N-ethyl adjacent to an activating group) is 2. The normalized spacial score (nSPS) is 43.0. The maximum atomic E-state index is 3.11. The van der Waals surface area contributed by atoms with E-state index in [9.17, 15) is 0 Å². The van der Waals surface area contributed by atoms with Crippen LogP contribution in [-0.2, 0) is 0 Å². The van der Waals surface area contributed by atoms with Gasteiger partial charge in [-0.25, -0.2) is 0 Å². The Morgan fingerprint density at radius 2 is 2.33 bits per heavy atom. The highest BCUT2D eigenvalue weighted by molar-refractivity contribution is 4.80. The van der Waals surface area contributed by atoms with Crippen molar-refractivity contribution in [1.82, 2.24) is 10.2 Å². The lowest BCUT2D eigenvalue weighted by Gasteiger charge is -1.87. The van der Waals surface area contributed by atoms with Crippen LogP contribution < -0.4 is 5.32 Å². The third kappa shape index (κ3) is 0.533. The van der Waals surface area contributed by atoms with E-state index in [1.54, 1.807) is 0 Å². The maximum absolute atomic E-state index is 3.11. The molecule has 1 aliphatic heterocycles. The molecule has 1 aliphatic rings. The molecule has 1 rings (SSSR count). The van der Waals surface area contributed by atoms with Crippen molar-refractivity contribution in [3.05, 3.63) is 0 Å². The Hall–Kier alpha value is -0.0800. The molecule has 1 saturated heterocycles. The van der Waals surface area contributed by atoms with Crippen LogP contribution in [0.3, 0.4) is 0 Å². The van der Waals surface area contributed by atoms with Crippen LogP contribution in [-0.4, -0.2) is 31.7 Å². The van der Waals surface area contributed by atoms with E-state index in [0.29, 0.717) is 6.17 Å². The fourth-order valence-corrected chi connectivity index (χ4v) is 0.537. The lowest BCUT2D eigenvalue weighted by Crippen LogP contribution is -2.13. The van der Waals surface area contributed by atoms with E-state index in [2.05, 4.69) is 17.3 Å². The Kier molecular flexibility index (Phi) is 0.821. The van der Waals surface area contributed by atoms with Crippen LogP contribution in [0.15, 0.2) is 0 Å². The number of hydrogen-bond donors (Lipinski definition) is 1. The number of rotatable bonds is 1. The minimum absolute atomic E-state index is 0.685. The number of nitrogens with zero attached hydrogens (tertiary/aromatic N) is 1. The fourth-order valence-electron chi connectivity index (χ4n) is 0.537. The first kappa shape index (κ1) is 4.09. The standard InChI is InChI=1S/C4H10N2/c1-5-4-3-6(4)2/h4-5H,3H2,1-2H3. The molecule has 6 heavy (non-hydrogen) atoms. The third-order valence-electron chi connectivity index (χ3n) is 1.19. The average Bonchev–Trinajstić information content (AvgIpc) is 2.19. The molecule has 36 valence electrons. The lowest BCUT2D eigenvalue weighted by atomic mass is 10.8. The van der Waals surface area contributed by atoms with Gasteiger partial charge in [-0.05, 0) is 14.1 Å². The van der Waals surface area contributed by atoms with Crippen molar-refractivity contribution in [2.45, 2.75) is 6.17 Å². The second kappa shape index (κ2) is 1.21. The molecule has 0 amide bonds. The van der Waals surface area contributed by atoms with Gasteiger partial charge in [0.05, 0.1) is 6.17 Å². The molecule has 2 heteroatoms. The topological polar surface area (TPSA) is 15.0 Å². The molecule has 0 aromatic rings. The SMILES string of the molecule is CNC1CN1C. The predicted molar refractivity (Wildman–Crippen MR) is 25.5 cm³/mol. The summed E-state index contributed by atoms with van der Waals surface area (Å²) >= 11 is 0. The molecular weight excluding hydrogens is 76.1 g/mol. The highest BCUT2D eigenvalue weighted by Gasteiger charge is 2.26. The van der Waals surface area contributed by atoms with Crippen LogP contribution in [0, 0.1) is 0 Å². The summed E-state index contributed by atoms with van der Waals surface area (Å²) in [6, 6.07) is 0. The zero-order valence-electron chi connectivity index (χ0n) is 4.23. The Labute approximate surface area is 38.1 Å². The molecule has 0 aliphatic carbocycles. The van der Waals surface area contributed by atoms with Crippen molar-refractivity contribution in [3.8, 4) is 0 Å². The molecule has 1 N–H and O–H groups in total. The monoisotopic (exact) mass is 86.1 g/mol. The highest BCUT2D eigenvalue weighted by atomic mass is 15.4. The molecule has 2 nitrogen and oxygen atoms in total. The van der Waals surface area contributed by atoms with Gasteiger partial charge in [-0.1, -0.05) is 0 Å². The van der Waals surface area contributed by atoms with Crippen LogP contribution in [0.2, 0.25) is 0 Å². The van der Waals surface area contributed by atoms with E-state index in [-0.39, 0.29) is 0 Å². The Morgan fingerprint density at radius 1 is 1.83 bits per heavy atom. The molecular formula is C4H10N2. The van der Waals surface area contributed by atoms with E-state index >= 15 is 0 Å². The third-order valence-corrected chi connectivity index (χ3v) is 1.19. The summed E-state index contributed by atoms with van der Waals surface area (Å²) in [5.74, 6) is 0. The van der Waals surface area contributed by atoms with Gasteiger partial charge in [0.25, 0.3) is 0 Å². The van der Waals surface area contributed by atoms with Gasteiger partial charge in [0, 0.05) is 6.54 Å². The molecule has 2 atom stereocenters. The van der Waals surface area contributed by atoms with Crippen molar-refractivity contribution in [2.24, 2.45) is 0 Å². The Balaban J connectivity index is 2.09. The zero-order valence-corrected chi connectivity index (χ0v) is 4.23. The fraction of sp³-hybridized carbons (Fsp3) is 1.00. The minimum atomic E-state index is 0.685. The maximum Gasteiger partial charge on any atom is 0.0724 e. The molecule has 0 radical (unpaired) electrons. The van der Waals surface area contributed by atoms with Crippen LogP contribution in [0.25, 0.3) is 0 Å². The van der Waals surface area contributed by atoms with Crippen molar-refractivity contribution in [1.29, 1.82) is 0 Å². The second-order valence-corrected chi connectivity index (χ2v) is 1.74. The summed E-state index contributed by atoms with van der Waals surface area (Å²) < 4.78 is 0. The molecule has 0 bridgehead atoms. The lowest BCUT2D eigenvalue weighted by molar-refractivity contribution is 0.570. The molecule has 1 heterocycles. The van der Waals surface area contributed by atoms with E-state index in [4.69, 9.17) is 0 Å². The van der Waals surface area contributed by atoms with Gasteiger partial charge in [0.2, 0.25) is 0 Å². The van der Waals surface area contributed by atoms with Crippen molar-refractivity contribution in [2.75, 3.05) is 20.6 Å². The summed E-state index contributed by atoms with van der Waals surface area (Å²) in [5.41, 5.74) is 0. The van der Waals surface area contributed by atoms with Gasteiger partial charge < -0.3 is 5.32 Å². The van der Waals surface area contributed by atoms with Gasteiger partial charge in [0.15, 0.2) is 0 Å². The first-order chi connectivity index (χ1) is 2.84. The van der Waals surface area contributed by atoms with Crippen LogP contribution in [0.5, 0.6) is 0 Å². The van der Waals surface area contributed by atoms with Crippen LogP contribution in [0.4, 0.5) is 0 Å². The molecule has 2 unspecified atom stereocenters. The largest absolute Gasteiger partial charge is 0.304 e. The Bertz CT molecular complexity index is 51.5. The molecule has 0 saturated carbocycles. The van der Waals surface area contributed by atoms with Crippen molar-refractivity contribution in [3.63, 3.8) is 0 Å². The van der Waals surface area contributed by atoms with E-state index in [0.717, 1.165) is 0 Å².